The van der Waals surface area contributed by atoms with E-state index in [1.807, 2.05) is 12.3 Å². The first-order valence-corrected chi connectivity index (χ1v) is 18.9. The van der Waals surface area contributed by atoms with Crippen molar-refractivity contribution < 1.29 is 0 Å². The molecule has 0 atom stereocenters. The molecule has 0 aliphatic rings. The molecule has 258 valence electrons. The molecule has 0 spiro atoms. The van der Waals surface area contributed by atoms with Crippen LogP contribution in [0, 0.1) is 0 Å². The van der Waals surface area contributed by atoms with Crippen LogP contribution in [0.15, 0.2) is 182 Å². The highest BCUT2D eigenvalue weighted by molar-refractivity contribution is 6.25. The first-order valence-electron chi connectivity index (χ1n) is 18.9. The molecule has 4 nitrogen and oxygen atoms in total. The maximum atomic E-state index is 5.19. The van der Waals surface area contributed by atoms with Gasteiger partial charge in [-0.1, -0.05) is 133 Å². The van der Waals surface area contributed by atoms with E-state index in [2.05, 4.69) is 175 Å². The lowest BCUT2D eigenvalue weighted by molar-refractivity contribution is 1.36. The highest BCUT2D eigenvalue weighted by Gasteiger charge is 2.14. The molecule has 0 fully saturated rings. The summed E-state index contributed by atoms with van der Waals surface area (Å²) >= 11 is 0. The number of pyridine rings is 4. The van der Waals surface area contributed by atoms with Crippen LogP contribution >= 0.6 is 0 Å². The van der Waals surface area contributed by atoms with E-state index in [4.69, 9.17) is 15.0 Å². The van der Waals surface area contributed by atoms with Gasteiger partial charge in [0.25, 0.3) is 0 Å². The minimum Gasteiger partial charge on any atom is -0.254 e. The maximum Gasteiger partial charge on any atom is 0.0972 e. The van der Waals surface area contributed by atoms with Gasteiger partial charge in [-0.2, -0.15) is 0 Å². The number of nitrogens with zero attached hydrogens (tertiary/aromatic N) is 4. The molecule has 0 amide bonds. The van der Waals surface area contributed by atoms with Crippen LogP contribution in [0.1, 0.15) is 0 Å². The second-order valence-electron chi connectivity index (χ2n) is 14.7. The van der Waals surface area contributed by atoms with Gasteiger partial charge >= 0.3 is 0 Å². The van der Waals surface area contributed by atoms with Crippen molar-refractivity contribution in [3.05, 3.63) is 182 Å². The van der Waals surface area contributed by atoms with Crippen molar-refractivity contribution in [1.82, 2.24) is 19.9 Å². The molecule has 12 rings (SSSR count). The van der Waals surface area contributed by atoms with Crippen LogP contribution in [0.4, 0.5) is 0 Å². The zero-order valence-electron chi connectivity index (χ0n) is 30.1. The molecule has 4 heterocycles. The normalized spacial score (nSPS) is 11.9. The standard InChI is InChI=1S/C52H30N4/c1-3-34-11-12-36-16-22-42(43-23-17-35(4-1)49(34)50(36)43)47-27-21-41-29-39(20-26-46(41)54-47)40-15-10-33-18-24-44(55-48(33)30-40)31-6-8-32(9-7-31)45-25-19-38-14-13-37-5-2-28-53-51(37)52(38)56-45/h1-30H. The summed E-state index contributed by atoms with van der Waals surface area (Å²) in [6, 6.07) is 62.6. The smallest absolute Gasteiger partial charge is 0.0972 e. The molecule has 12 aromatic rings. The minimum absolute atomic E-state index is 0.920. The summed E-state index contributed by atoms with van der Waals surface area (Å²) in [4.78, 5) is 20.0. The average molecular weight is 711 g/mol. The van der Waals surface area contributed by atoms with Crippen LogP contribution in [0.2, 0.25) is 0 Å². The van der Waals surface area contributed by atoms with E-state index in [1.165, 1.54) is 32.3 Å². The number of hydrogen-bond donors (Lipinski definition) is 0. The van der Waals surface area contributed by atoms with E-state index in [-0.39, 0.29) is 0 Å². The molecule has 56 heavy (non-hydrogen) atoms. The fraction of sp³-hybridized carbons (Fsp3) is 0. The van der Waals surface area contributed by atoms with E-state index in [0.717, 1.165) is 88.5 Å². The maximum absolute atomic E-state index is 5.19. The summed E-state index contributed by atoms with van der Waals surface area (Å²) < 4.78 is 0. The van der Waals surface area contributed by atoms with E-state index < -0.39 is 0 Å². The average Bonchev–Trinajstić information content (AvgIpc) is 3.27. The van der Waals surface area contributed by atoms with E-state index >= 15 is 0 Å². The Kier molecular flexibility index (Phi) is 6.60. The quantitative estimate of drug-likeness (QED) is 0.171. The van der Waals surface area contributed by atoms with Crippen LogP contribution in [0.25, 0.3) is 121 Å². The number of hydrogen-bond acceptors (Lipinski definition) is 4. The van der Waals surface area contributed by atoms with Gasteiger partial charge < -0.3 is 0 Å². The van der Waals surface area contributed by atoms with E-state index in [1.54, 1.807) is 0 Å². The van der Waals surface area contributed by atoms with Gasteiger partial charge in [0, 0.05) is 44.4 Å². The molecular weight excluding hydrogens is 681 g/mol. The predicted molar refractivity (Wildman–Crippen MR) is 233 cm³/mol. The first kappa shape index (κ1) is 30.9. The molecule has 0 radical (unpaired) electrons. The number of fused-ring (bicyclic) bond motifs is 5. The number of rotatable bonds is 4. The fourth-order valence-corrected chi connectivity index (χ4v) is 8.57. The monoisotopic (exact) mass is 710 g/mol. The molecule has 0 saturated heterocycles. The molecule has 4 heteroatoms. The molecule has 0 saturated carbocycles. The third-order valence-corrected chi connectivity index (χ3v) is 11.4. The molecule has 0 N–H and O–H groups in total. The van der Waals surface area contributed by atoms with Crippen molar-refractivity contribution in [1.29, 1.82) is 0 Å². The second kappa shape index (κ2) is 12.0. The van der Waals surface area contributed by atoms with E-state index in [9.17, 15) is 0 Å². The van der Waals surface area contributed by atoms with Crippen molar-refractivity contribution in [3.8, 4) is 44.9 Å². The Morgan fingerprint density at radius 1 is 0.304 bits per heavy atom. The molecule has 0 aliphatic heterocycles. The molecule has 0 unspecified atom stereocenters. The van der Waals surface area contributed by atoms with Gasteiger partial charge in [-0.15, -0.1) is 0 Å². The zero-order chi connectivity index (χ0) is 36.7. The Morgan fingerprint density at radius 3 is 1.70 bits per heavy atom. The molecule has 8 aromatic carbocycles. The van der Waals surface area contributed by atoms with Crippen LogP contribution in [-0.2, 0) is 0 Å². The van der Waals surface area contributed by atoms with Crippen LogP contribution < -0.4 is 0 Å². The number of aromatic nitrogens is 4. The van der Waals surface area contributed by atoms with Crippen LogP contribution in [-0.4, -0.2) is 19.9 Å². The van der Waals surface area contributed by atoms with Gasteiger partial charge in [0.05, 0.1) is 39.1 Å². The Hall–Kier alpha value is -7.56. The lowest BCUT2D eigenvalue weighted by Gasteiger charge is -2.14. The highest BCUT2D eigenvalue weighted by atomic mass is 14.8. The van der Waals surface area contributed by atoms with Crippen molar-refractivity contribution in [2.45, 2.75) is 0 Å². The van der Waals surface area contributed by atoms with Gasteiger partial charge in [0.2, 0.25) is 0 Å². The SMILES string of the molecule is c1cnc2c(c1)ccc1ccc(-c3ccc(-c4ccc5ccc(-c6ccc7nc(-c8ccc9ccc%10cccc%11ccc8c9c%10%11)ccc7c6)cc5n4)cc3)nc12. The highest BCUT2D eigenvalue weighted by Crippen LogP contribution is 2.39. The molecule has 4 aromatic heterocycles. The second-order valence-corrected chi connectivity index (χ2v) is 14.7. The Balaban J connectivity index is 0.858. The first-order chi connectivity index (χ1) is 27.7. The van der Waals surface area contributed by atoms with Gasteiger partial charge in [0.1, 0.15) is 0 Å². The summed E-state index contributed by atoms with van der Waals surface area (Å²) in [7, 11) is 0. The number of benzene rings is 8. The summed E-state index contributed by atoms with van der Waals surface area (Å²) in [5.74, 6) is 0. The van der Waals surface area contributed by atoms with Crippen molar-refractivity contribution >= 4 is 75.9 Å². The third-order valence-electron chi connectivity index (χ3n) is 11.4. The minimum atomic E-state index is 0.920. The van der Waals surface area contributed by atoms with Gasteiger partial charge in [-0.05, 0) is 85.9 Å². The Bertz CT molecular complexity index is 3520. The summed E-state index contributed by atoms with van der Waals surface area (Å²) in [5.41, 5.74) is 12.2. The molecular formula is C52H30N4. The molecule has 0 bridgehead atoms. The van der Waals surface area contributed by atoms with Gasteiger partial charge in [-0.3, -0.25) is 4.98 Å². The summed E-state index contributed by atoms with van der Waals surface area (Å²) in [6.07, 6.45) is 1.83. The van der Waals surface area contributed by atoms with Crippen LogP contribution in [0.3, 0.4) is 0 Å². The fourth-order valence-electron chi connectivity index (χ4n) is 8.57. The largest absolute Gasteiger partial charge is 0.254 e. The topological polar surface area (TPSA) is 51.6 Å². The molecule has 0 aliphatic carbocycles. The lowest BCUT2D eigenvalue weighted by Crippen LogP contribution is -1.90. The summed E-state index contributed by atoms with van der Waals surface area (Å²) in [5, 5.41) is 12.1. The predicted octanol–water partition coefficient (Wildman–Crippen LogP) is 13.4. The zero-order valence-corrected chi connectivity index (χ0v) is 30.1. The van der Waals surface area contributed by atoms with E-state index in [0.29, 0.717) is 0 Å². The Labute approximate surface area is 321 Å². The van der Waals surface area contributed by atoms with Crippen LogP contribution in [0.5, 0.6) is 0 Å². The Morgan fingerprint density at radius 2 is 0.857 bits per heavy atom. The van der Waals surface area contributed by atoms with Gasteiger partial charge in [0.15, 0.2) is 0 Å². The van der Waals surface area contributed by atoms with Crippen molar-refractivity contribution in [2.75, 3.05) is 0 Å². The van der Waals surface area contributed by atoms with Gasteiger partial charge in [-0.25, -0.2) is 15.0 Å². The lowest BCUT2D eigenvalue weighted by atomic mass is 9.91. The summed E-state index contributed by atoms with van der Waals surface area (Å²) in [6.45, 7) is 0. The van der Waals surface area contributed by atoms with Crippen molar-refractivity contribution in [2.24, 2.45) is 0 Å². The van der Waals surface area contributed by atoms with Crippen molar-refractivity contribution in [3.63, 3.8) is 0 Å². The third kappa shape index (κ3) is 4.86.